The summed E-state index contributed by atoms with van der Waals surface area (Å²) < 4.78 is 36.5. The maximum absolute atomic E-state index is 13.5. The number of hydrogen-bond donors (Lipinski definition) is 0. The average molecular weight is 478 g/mol. The van der Waals surface area contributed by atoms with Crippen LogP contribution in [0.1, 0.15) is 30.7 Å². The minimum Gasteiger partial charge on any atom is -0.494 e. The molecule has 184 valence electrons. The number of ether oxygens (including phenoxy) is 4. The summed E-state index contributed by atoms with van der Waals surface area (Å²) in [4.78, 5) is 2.52. The first kappa shape index (κ1) is 23.5. The standard InChI is InChI=1S/C29H32FNO4/c30-24-10-8-22(9-11-24)27-14-16-31(15-4-5-17-32-25-6-2-1-3-7-25)19-23(27)20-33-26-12-13-28-29(18-26)35-21-34-28/h1-3,6-13,18,23,27H,4-5,14-17,19-21H2/t23-,27-/m0/s1. The SMILES string of the molecule is Fc1ccc([C@@H]2CCN(CCCCOc3ccccc3)C[C@H]2COc2ccc3c(c2)OCO3)cc1. The van der Waals surface area contributed by atoms with Gasteiger partial charge in [0.05, 0.1) is 13.2 Å². The van der Waals surface area contributed by atoms with Crippen LogP contribution in [-0.4, -0.2) is 44.5 Å². The molecule has 3 aromatic rings. The third kappa shape index (κ3) is 6.25. The van der Waals surface area contributed by atoms with E-state index >= 15 is 0 Å². The van der Waals surface area contributed by atoms with Gasteiger partial charge < -0.3 is 23.8 Å². The maximum atomic E-state index is 13.5. The molecule has 6 heteroatoms. The van der Waals surface area contributed by atoms with Crippen LogP contribution in [0.15, 0.2) is 72.8 Å². The lowest BCUT2D eigenvalue weighted by Gasteiger charge is -2.39. The van der Waals surface area contributed by atoms with Gasteiger partial charge in [-0.3, -0.25) is 0 Å². The van der Waals surface area contributed by atoms with Crippen molar-refractivity contribution in [1.29, 1.82) is 0 Å². The summed E-state index contributed by atoms with van der Waals surface area (Å²) in [6.45, 7) is 4.59. The molecule has 2 atom stereocenters. The van der Waals surface area contributed by atoms with E-state index in [0.717, 1.165) is 68.5 Å². The molecular formula is C29H32FNO4. The van der Waals surface area contributed by atoms with E-state index in [4.69, 9.17) is 18.9 Å². The summed E-state index contributed by atoms with van der Waals surface area (Å²) in [6.07, 6.45) is 3.14. The van der Waals surface area contributed by atoms with E-state index in [1.807, 2.05) is 60.7 Å². The monoisotopic (exact) mass is 477 g/mol. The zero-order valence-corrected chi connectivity index (χ0v) is 19.9. The number of para-hydroxylation sites is 1. The molecule has 0 radical (unpaired) electrons. The molecule has 1 fully saturated rings. The van der Waals surface area contributed by atoms with Gasteiger partial charge in [0.1, 0.15) is 17.3 Å². The summed E-state index contributed by atoms with van der Waals surface area (Å²) >= 11 is 0. The third-order valence-corrected chi connectivity index (χ3v) is 6.80. The summed E-state index contributed by atoms with van der Waals surface area (Å²) in [7, 11) is 0. The van der Waals surface area contributed by atoms with Gasteiger partial charge >= 0.3 is 0 Å². The smallest absolute Gasteiger partial charge is 0.231 e. The summed E-state index contributed by atoms with van der Waals surface area (Å²) in [6, 6.07) is 22.6. The van der Waals surface area contributed by atoms with Crippen molar-refractivity contribution >= 4 is 0 Å². The zero-order valence-electron chi connectivity index (χ0n) is 19.9. The lowest BCUT2D eigenvalue weighted by Crippen LogP contribution is -2.42. The van der Waals surface area contributed by atoms with Crippen LogP contribution in [0.5, 0.6) is 23.0 Å². The maximum Gasteiger partial charge on any atom is 0.231 e. The molecule has 0 bridgehead atoms. The number of fused-ring (bicyclic) bond motifs is 1. The van der Waals surface area contributed by atoms with Crippen LogP contribution < -0.4 is 18.9 Å². The van der Waals surface area contributed by atoms with Crippen molar-refractivity contribution in [2.24, 2.45) is 5.92 Å². The number of rotatable bonds is 10. The fraction of sp³-hybridized carbons (Fsp3) is 0.379. The van der Waals surface area contributed by atoms with Gasteiger partial charge in [0.15, 0.2) is 11.5 Å². The van der Waals surface area contributed by atoms with Gasteiger partial charge in [0.25, 0.3) is 0 Å². The Morgan fingerprint density at radius 1 is 0.857 bits per heavy atom. The van der Waals surface area contributed by atoms with Crippen LogP contribution >= 0.6 is 0 Å². The second kappa shape index (κ2) is 11.5. The third-order valence-electron chi connectivity index (χ3n) is 6.80. The zero-order chi connectivity index (χ0) is 23.9. The van der Waals surface area contributed by atoms with E-state index in [-0.39, 0.29) is 12.6 Å². The normalized spacial score (nSPS) is 19.5. The molecule has 0 unspecified atom stereocenters. The number of halogens is 1. The average Bonchev–Trinajstić information content (AvgIpc) is 3.37. The van der Waals surface area contributed by atoms with Crippen LogP contribution in [0, 0.1) is 11.7 Å². The molecule has 0 N–H and O–H groups in total. The first-order valence-corrected chi connectivity index (χ1v) is 12.4. The predicted octanol–water partition coefficient (Wildman–Crippen LogP) is 5.90. The molecule has 5 nitrogen and oxygen atoms in total. The molecule has 0 aliphatic carbocycles. The van der Waals surface area contributed by atoms with E-state index in [1.54, 1.807) is 12.1 Å². The Kier molecular flexibility index (Phi) is 7.69. The number of hydrogen-bond acceptors (Lipinski definition) is 5. The second-order valence-corrected chi connectivity index (χ2v) is 9.20. The van der Waals surface area contributed by atoms with E-state index in [2.05, 4.69) is 4.90 Å². The summed E-state index contributed by atoms with van der Waals surface area (Å²) in [5, 5.41) is 0. The van der Waals surface area contributed by atoms with Crippen LogP contribution in [0.4, 0.5) is 4.39 Å². The minimum atomic E-state index is -0.197. The Morgan fingerprint density at radius 3 is 2.54 bits per heavy atom. The highest BCUT2D eigenvalue weighted by atomic mass is 19.1. The van der Waals surface area contributed by atoms with Crippen molar-refractivity contribution in [3.05, 3.63) is 84.2 Å². The van der Waals surface area contributed by atoms with Crippen molar-refractivity contribution in [2.45, 2.75) is 25.2 Å². The fourth-order valence-corrected chi connectivity index (χ4v) is 4.94. The van der Waals surface area contributed by atoms with E-state index in [9.17, 15) is 4.39 Å². The molecule has 0 spiro atoms. The van der Waals surface area contributed by atoms with Gasteiger partial charge in [0.2, 0.25) is 6.79 Å². The predicted molar refractivity (Wildman–Crippen MR) is 133 cm³/mol. The molecule has 0 aromatic heterocycles. The molecule has 3 aromatic carbocycles. The fourth-order valence-electron chi connectivity index (χ4n) is 4.94. The van der Waals surface area contributed by atoms with Crippen LogP contribution in [0.3, 0.4) is 0 Å². The van der Waals surface area contributed by atoms with Gasteiger partial charge in [-0.15, -0.1) is 0 Å². The Hall–Kier alpha value is -3.25. The van der Waals surface area contributed by atoms with Crippen molar-refractivity contribution in [3.63, 3.8) is 0 Å². The lowest BCUT2D eigenvalue weighted by molar-refractivity contribution is 0.108. The van der Waals surface area contributed by atoms with Crippen molar-refractivity contribution in [3.8, 4) is 23.0 Å². The Morgan fingerprint density at radius 2 is 1.69 bits per heavy atom. The molecule has 2 heterocycles. The van der Waals surface area contributed by atoms with E-state index in [1.165, 1.54) is 5.56 Å². The number of benzene rings is 3. The number of likely N-dealkylation sites (tertiary alicyclic amines) is 1. The molecule has 5 rings (SSSR count). The van der Waals surface area contributed by atoms with Crippen LogP contribution in [-0.2, 0) is 0 Å². The van der Waals surface area contributed by atoms with E-state index < -0.39 is 0 Å². The Bertz CT molecular complexity index is 1080. The molecule has 0 saturated carbocycles. The van der Waals surface area contributed by atoms with Gasteiger partial charge in [-0.05, 0) is 80.2 Å². The largest absolute Gasteiger partial charge is 0.494 e. The van der Waals surface area contributed by atoms with Gasteiger partial charge in [-0.25, -0.2) is 4.39 Å². The number of piperidine rings is 1. The topological polar surface area (TPSA) is 40.2 Å². The van der Waals surface area contributed by atoms with Crippen molar-refractivity contribution in [1.82, 2.24) is 4.90 Å². The van der Waals surface area contributed by atoms with Crippen molar-refractivity contribution in [2.75, 3.05) is 39.6 Å². The molecule has 35 heavy (non-hydrogen) atoms. The van der Waals surface area contributed by atoms with Crippen LogP contribution in [0.25, 0.3) is 0 Å². The molecule has 0 amide bonds. The van der Waals surface area contributed by atoms with Gasteiger partial charge in [0, 0.05) is 18.5 Å². The molecular weight excluding hydrogens is 445 g/mol. The first-order valence-electron chi connectivity index (χ1n) is 12.4. The molecule has 2 aliphatic rings. The molecule has 1 saturated heterocycles. The van der Waals surface area contributed by atoms with Crippen LogP contribution in [0.2, 0.25) is 0 Å². The summed E-state index contributed by atoms with van der Waals surface area (Å²) in [5.41, 5.74) is 1.18. The number of unbranched alkanes of at least 4 members (excludes halogenated alkanes) is 1. The van der Waals surface area contributed by atoms with E-state index in [0.29, 0.717) is 18.4 Å². The minimum absolute atomic E-state index is 0.197. The molecule has 2 aliphatic heterocycles. The highest BCUT2D eigenvalue weighted by Crippen LogP contribution is 2.37. The van der Waals surface area contributed by atoms with Gasteiger partial charge in [-0.1, -0.05) is 30.3 Å². The highest BCUT2D eigenvalue weighted by Gasteiger charge is 2.31. The first-order chi connectivity index (χ1) is 17.2. The summed E-state index contributed by atoms with van der Waals surface area (Å²) in [5.74, 6) is 3.62. The van der Waals surface area contributed by atoms with Crippen molar-refractivity contribution < 1.29 is 23.3 Å². The Balaban J connectivity index is 1.16. The highest BCUT2D eigenvalue weighted by molar-refractivity contribution is 5.46. The lowest BCUT2D eigenvalue weighted by atomic mass is 9.80. The Labute approximate surface area is 206 Å². The quantitative estimate of drug-likeness (QED) is 0.340. The number of nitrogens with zero attached hydrogens (tertiary/aromatic N) is 1. The second-order valence-electron chi connectivity index (χ2n) is 9.20. The van der Waals surface area contributed by atoms with Gasteiger partial charge in [-0.2, -0.15) is 0 Å².